The van der Waals surface area contributed by atoms with Gasteiger partial charge in [0.2, 0.25) is 0 Å². The Bertz CT molecular complexity index is 793. The maximum Gasteiger partial charge on any atom is 0.0547 e. The minimum Gasteiger partial charge on any atom is -0.397 e. The van der Waals surface area contributed by atoms with Crippen LogP contribution >= 0.6 is 0 Å². The molecule has 0 heterocycles. The van der Waals surface area contributed by atoms with E-state index in [1.54, 1.807) is 12.1 Å². The average Bonchev–Trinajstić information content (AvgIpc) is 2.66. The lowest BCUT2D eigenvalue weighted by Crippen LogP contribution is -2.17. The zero-order valence-electron chi connectivity index (χ0n) is 17.0. The smallest absolute Gasteiger partial charge is 0.0547 e. The first-order valence-electron chi connectivity index (χ1n) is 9.72. The van der Waals surface area contributed by atoms with Crippen LogP contribution in [0, 0.1) is 5.92 Å². The highest BCUT2D eigenvalue weighted by Gasteiger charge is 2.04. The molecule has 3 rings (SSSR count). The molecule has 0 spiro atoms. The summed E-state index contributed by atoms with van der Waals surface area (Å²) in [4.78, 5) is 0. The topological polar surface area (TPSA) is 76.1 Å². The maximum atomic E-state index is 5.39. The average molecular weight is 377 g/mol. The zero-order valence-corrected chi connectivity index (χ0v) is 17.0. The van der Waals surface area contributed by atoms with Crippen LogP contribution < -0.4 is 22.1 Å². The number of nitrogens with two attached hydrogens (primary N) is 2. The van der Waals surface area contributed by atoms with Crippen molar-refractivity contribution in [2.75, 3.05) is 22.1 Å². The third kappa shape index (κ3) is 7.62. The zero-order chi connectivity index (χ0) is 20.4. The van der Waals surface area contributed by atoms with Gasteiger partial charge in [0, 0.05) is 23.1 Å². The van der Waals surface area contributed by atoms with E-state index in [2.05, 4.69) is 67.8 Å². The Hall–Kier alpha value is -3.14. The van der Waals surface area contributed by atoms with Crippen molar-refractivity contribution in [3.63, 3.8) is 0 Å². The second-order valence-corrected chi connectivity index (χ2v) is 7.37. The molecule has 28 heavy (non-hydrogen) atoms. The van der Waals surface area contributed by atoms with Crippen LogP contribution in [0.25, 0.3) is 0 Å². The van der Waals surface area contributed by atoms with Crippen LogP contribution in [0.1, 0.15) is 27.2 Å². The SMILES string of the molecule is CC(C)CC(C)Nc1ccc(Nc2ccccc2)cc1.Nc1ccccc1N. The van der Waals surface area contributed by atoms with Crippen LogP contribution in [-0.4, -0.2) is 6.04 Å². The monoisotopic (exact) mass is 376 g/mol. The fraction of sp³-hybridized carbons (Fsp3) is 0.250. The van der Waals surface area contributed by atoms with Crippen molar-refractivity contribution in [2.45, 2.75) is 33.2 Å². The first-order chi connectivity index (χ1) is 13.4. The molecule has 0 aliphatic carbocycles. The van der Waals surface area contributed by atoms with E-state index in [9.17, 15) is 0 Å². The first-order valence-corrected chi connectivity index (χ1v) is 9.72. The number of hydrogen-bond acceptors (Lipinski definition) is 4. The summed E-state index contributed by atoms with van der Waals surface area (Å²) >= 11 is 0. The van der Waals surface area contributed by atoms with Gasteiger partial charge in [0.25, 0.3) is 0 Å². The van der Waals surface area contributed by atoms with E-state index in [-0.39, 0.29) is 0 Å². The molecule has 0 saturated heterocycles. The molecular weight excluding hydrogens is 344 g/mol. The van der Waals surface area contributed by atoms with E-state index < -0.39 is 0 Å². The Kier molecular flexibility index (Phi) is 8.22. The van der Waals surface area contributed by atoms with E-state index in [1.165, 1.54) is 12.1 Å². The van der Waals surface area contributed by atoms with Crippen LogP contribution in [0.3, 0.4) is 0 Å². The molecule has 1 unspecified atom stereocenters. The Morgan fingerprint density at radius 3 is 1.61 bits per heavy atom. The summed E-state index contributed by atoms with van der Waals surface area (Å²) in [7, 11) is 0. The summed E-state index contributed by atoms with van der Waals surface area (Å²) in [6, 6.07) is 26.4. The predicted octanol–water partition coefficient (Wildman–Crippen LogP) is 6.13. The Morgan fingerprint density at radius 1 is 0.643 bits per heavy atom. The van der Waals surface area contributed by atoms with E-state index >= 15 is 0 Å². The number of para-hydroxylation sites is 3. The van der Waals surface area contributed by atoms with Crippen molar-refractivity contribution >= 4 is 28.4 Å². The molecular formula is C24H32N4. The van der Waals surface area contributed by atoms with Gasteiger partial charge < -0.3 is 22.1 Å². The number of hydrogen-bond donors (Lipinski definition) is 4. The fourth-order valence-corrected chi connectivity index (χ4v) is 2.90. The third-order valence-electron chi connectivity index (χ3n) is 4.18. The van der Waals surface area contributed by atoms with Crippen molar-refractivity contribution in [3.8, 4) is 0 Å². The van der Waals surface area contributed by atoms with Gasteiger partial charge in [-0.25, -0.2) is 0 Å². The van der Waals surface area contributed by atoms with Gasteiger partial charge in [0.05, 0.1) is 11.4 Å². The molecule has 0 saturated carbocycles. The predicted molar refractivity (Wildman–Crippen MR) is 124 cm³/mol. The van der Waals surface area contributed by atoms with Gasteiger partial charge in [-0.15, -0.1) is 0 Å². The van der Waals surface area contributed by atoms with Crippen molar-refractivity contribution in [2.24, 2.45) is 5.92 Å². The van der Waals surface area contributed by atoms with Crippen LogP contribution in [-0.2, 0) is 0 Å². The molecule has 0 aliphatic rings. The number of anilines is 5. The Labute approximate surface area is 169 Å². The lowest BCUT2D eigenvalue weighted by Gasteiger charge is -2.17. The van der Waals surface area contributed by atoms with Gasteiger partial charge in [-0.05, 0) is 67.8 Å². The molecule has 4 nitrogen and oxygen atoms in total. The van der Waals surface area contributed by atoms with Crippen molar-refractivity contribution in [1.82, 2.24) is 0 Å². The van der Waals surface area contributed by atoms with Gasteiger partial charge in [0.1, 0.15) is 0 Å². The Morgan fingerprint density at radius 2 is 1.11 bits per heavy atom. The van der Waals surface area contributed by atoms with Gasteiger partial charge >= 0.3 is 0 Å². The second kappa shape index (κ2) is 10.9. The summed E-state index contributed by atoms with van der Waals surface area (Å²) < 4.78 is 0. The third-order valence-corrected chi connectivity index (χ3v) is 4.18. The van der Waals surface area contributed by atoms with Gasteiger partial charge in [-0.3, -0.25) is 0 Å². The molecule has 0 amide bonds. The molecule has 0 radical (unpaired) electrons. The molecule has 0 aromatic heterocycles. The molecule has 1 atom stereocenters. The minimum atomic E-state index is 0.503. The number of nitrogen functional groups attached to an aromatic ring is 2. The highest BCUT2D eigenvalue weighted by molar-refractivity contribution is 5.63. The van der Waals surface area contributed by atoms with E-state index in [4.69, 9.17) is 11.5 Å². The van der Waals surface area contributed by atoms with Crippen LogP contribution in [0.15, 0.2) is 78.9 Å². The van der Waals surface area contributed by atoms with Crippen LogP contribution in [0.5, 0.6) is 0 Å². The fourth-order valence-electron chi connectivity index (χ4n) is 2.90. The van der Waals surface area contributed by atoms with Gasteiger partial charge in [-0.2, -0.15) is 0 Å². The summed E-state index contributed by atoms with van der Waals surface area (Å²) in [5.74, 6) is 0.719. The van der Waals surface area contributed by atoms with E-state index in [0.29, 0.717) is 17.4 Å². The van der Waals surface area contributed by atoms with E-state index in [1.807, 2.05) is 30.3 Å². The molecule has 3 aromatic carbocycles. The van der Waals surface area contributed by atoms with Crippen molar-refractivity contribution in [3.05, 3.63) is 78.9 Å². The Balaban J connectivity index is 0.000000292. The standard InChI is InChI=1S/C18H24N2.C6H8N2/c1-14(2)13-15(3)19-17-9-11-18(12-10-17)20-16-7-5-4-6-8-16;7-5-3-1-2-4-6(5)8/h4-12,14-15,19-20H,13H2,1-3H3;1-4H,7-8H2. The normalized spacial score (nSPS) is 11.3. The maximum absolute atomic E-state index is 5.39. The van der Waals surface area contributed by atoms with Crippen molar-refractivity contribution < 1.29 is 0 Å². The molecule has 0 bridgehead atoms. The largest absolute Gasteiger partial charge is 0.397 e. The van der Waals surface area contributed by atoms with Gasteiger partial charge in [-0.1, -0.05) is 44.2 Å². The first kappa shape index (κ1) is 21.2. The van der Waals surface area contributed by atoms with Crippen LogP contribution in [0.2, 0.25) is 0 Å². The quantitative estimate of drug-likeness (QED) is 0.390. The lowest BCUT2D eigenvalue weighted by atomic mass is 10.1. The number of rotatable bonds is 6. The number of nitrogens with one attached hydrogen (secondary N) is 2. The van der Waals surface area contributed by atoms with Crippen molar-refractivity contribution in [1.29, 1.82) is 0 Å². The summed E-state index contributed by atoms with van der Waals surface area (Å²) in [5, 5.41) is 6.93. The molecule has 4 heteroatoms. The van der Waals surface area contributed by atoms with E-state index in [0.717, 1.165) is 17.3 Å². The lowest BCUT2D eigenvalue weighted by molar-refractivity contribution is 0.540. The molecule has 3 aromatic rings. The summed E-state index contributed by atoms with van der Waals surface area (Å²) in [6.45, 7) is 6.74. The molecule has 0 fully saturated rings. The molecule has 0 aliphatic heterocycles. The summed E-state index contributed by atoms with van der Waals surface area (Å²) in [5.41, 5.74) is 15.5. The molecule has 6 N–H and O–H groups in total. The summed E-state index contributed by atoms with van der Waals surface area (Å²) in [6.07, 6.45) is 1.18. The highest BCUT2D eigenvalue weighted by atomic mass is 14.9. The number of benzene rings is 3. The second-order valence-electron chi connectivity index (χ2n) is 7.37. The van der Waals surface area contributed by atoms with Crippen LogP contribution in [0.4, 0.5) is 28.4 Å². The van der Waals surface area contributed by atoms with Gasteiger partial charge in [0.15, 0.2) is 0 Å². The minimum absolute atomic E-state index is 0.503. The highest BCUT2D eigenvalue weighted by Crippen LogP contribution is 2.20. The molecule has 148 valence electrons.